The molecule has 0 spiro atoms. The van der Waals surface area contributed by atoms with Gasteiger partial charge in [-0.25, -0.2) is 0 Å². The smallest absolute Gasteiger partial charge is 0.335 e. The van der Waals surface area contributed by atoms with Crippen LogP contribution in [0.3, 0.4) is 0 Å². The summed E-state index contributed by atoms with van der Waals surface area (Å²) in [6.07, 6.45) is 3.61. The van der Waals surface area contributed by atoms with Gasteiger partial charge in [0.1, 0.15) is 0 Å². The van der Waals surface area contributed by atoms with Crippen molar-refractivity contribution in [2.45, 2.75) is 58.7 Å². The third kappa shape index (κ3) is 7.38. The lowest BCUT2D eigenvalue weighted by Crippen LogP contribution is -2.41. The Morgan fingerprint density at radius 2 is 1.94 bits per heavy atom. The van der Waals surface area contributed by atoms with E-state index in [0.29, 0.717) is 6.10 Å². The van der Waals surface area contributed by atoms with Crippen molar-refractivity contribution in [2.75, 3.05) is 20.3 Å². The molecule has 0 fully saturated rings. The zero-order chi connectivity index (χ0) is 12.4. The van der Waals surface area contributed by atoms with E-state index in [2.05, 4.69) is 20.4 Å². The Morgan fingerprint density at radius 1 is 1.25 bits per heavy atom. The fourth-order valence-corrected chi connectivity index (χ4v) is 4.60. The van der Waals surface area contributed by atoms with Crippen LogP contribution >= 0.6 is 0 Å². The van der Waals surface area contributed by atoms with E-state index in [9.17, 15) is 0 Å². The van der Waals surface area contributed by atoms with Crippen molar-refractivity contribution in [1.29, 1.82) is 0 Å². The third-order valence-corrected chi connectivity index (χ3v) is 5.64. The van der Waals surface area contributed by atoms with Gasteiger partial charge in [0.25, 0.3) is 0 Å². The maximum atomic E-state index is 6.13. The third-order valence-electron chi connectivity index (χ3n) is 2.57. The monoisotopic (exact) mass is 248 g/mol. The topological polar surface area (TPSA) is 27.7 Å². The molecule has 3 nitrogen and oxygen atoms in total. The van der Waals surface area contributed by atoms with Crippen LogP contribution in [0, 0.1) is 0 Å². The van der Waals surface area contributed by atoms with Crippen molar-refractivity contribution < 1.29 is 13.6 Å². The highest BCUT2D eigenvalue weighted by Gasteiger charge is 2.32. The standard InChI is InChI=1S/C12H28O3Si/c1-6-9-12(3)15-16(5,14-7-2)11-8-10-13-4/h12H,6-11H2,1-5H3. The average molecular weight is 248 g/mol. The second-order valence-corrected chi connectivity index (χ2v) is 7.67. The van der Waals surface area contributed by atoms with E-state index in [0.717, 1.165) is 38.5 Å². The zero-order valence-corrected chi connectivity index (χ0v) is 12.5. The van der Waals surface area contributed by atoms with E-state index in [1.165, 1.54) is 0 Å². The van der Waals surface area contributed by atoms with Gasteiger partial charge in [0, 0.05) is 26.4 Å². The summed E-state index contributed by atoms with van der Waals surface area (Å²) in [6.45, 7) is 10.1. The first-order valence-corrected chi connectivity index (χ1v) is 8.91. The van der Waals surface area contributed by atoms with Gasteiger partial charge < -0.3 is 13.6 Å². The molecule has 0 bridgehead atoms. The summed E-state index contributed by atoms with van der Waals surface area (Å²) in [7, 11) is -0.231. The number of methoxy groups -OCH3 is 1. The van der Waals surface area contributed by atoms with E-state index in [1.807, 2.05) is 6.92 Å². The molecule has 0 rings (SSSR count). The minimum absolute atomic E-state index is 0.316. The van der Waals surface area contributed by atoms with E-state index in [-0.39, 0.29) is 0 Å². The molecule has 16 heavy (non-hydrogen) atoms. The number of rotatable bonds is 10. The number of hydrogen-bond donors (Lipinski definition) is 0. The fourth-order valence-electron chi connectivity index (χ4n) is 1.90. The van der Waals surface area contributed by atoms with Gasteiger partial charge in [-0.05, 0) is 39.3 Å². The molecule has 2 unspecified atom stereocenters. The Morgan fingerprint density at radius 3 is 2.44 bits per heavy atom. The van der Waals surface area contributed by atoms with E-state index in [4.69, 9.17) is 13.6 Å². The SMILES string of the molecule is CCCC(C)O[Si](C)(CCCOC)OCC. The first-order valence-electron chi connectivity index (χ1n) is 6.38. The maximum absolute atomic E-state index is 6.13. The second-order valence-electron chi connectivity index (χ2n) is 4.38. The lowest BCUT2D eigenvalue weighted by molar-refractivity contribution is 0.120. The molecule has 4 heteroatoms. The molecule has 0 saturated heterocycles. The van der Waals surface area contributed by atoms with Gasteiger partial charge in [0.15, 0.2) is 0 Å². The lowest BCUT2D eigenvalue weighted by atomic mass is 10.2. The Hall–Kier alpha value is 0.0969. The van der Waals surface area contributed by atoms with Crippen LogP contribution in [-0.4, -0.2) is 35.0 Å². The Bertz CT molecular complexity index is 166. The molecule has 0 N–H and O–H groups in total. The summed E-state index contributed by atoms with van der Waals surface area (Å²) in [5.41, 5.74) is 0. The van der Waals surface area contributed by atoms with Crippen molar-refractivity contribution in [3.63, 3.8) is 0 Å². The van der Waals surface area contributed by atoms with Crippen LogP contribution in [0.1, 0.15) is 40.0 Å². The van der Waals surface area contributed by atoms with Gasteiger partial charge in [-0.15, -0.1) is 0 Å². The molecular weight excluding hydrogens is 220 g/mol. The number of hydrogen-bond acceptors (Lipinski definition) is 3. The fraction of sp³-hybridized carbons (Fsp3) is 1.00. The van der Waals surface area contributed by atoms with Crippen molar-refractivity contribution in [3.8, 4) is 0 Å². The van der Waals surface area contributed by atoms with Gasteiger partial charge in [0.05, 0.1) is 0 Å². The zero-order valence-electron chi connectivity index (χ0n) is 11.5. The normalized spacial score (nSPS) is 17.1. The summed E-state index contributed by atoms with van der Waals surface area (Å²) in [5, 5.41) is 0. The minimum Gasteiger partial charge on any atom is -0.395 e. The quantitative estimate of drug-likeness (QED) is 0.438. The molecule has 0 aliphatic carbocycles. The molecule has 98 valence electrons. The summed E-state index contributed by atoms with van der Waals surface area (Å²) >= 11 is 0. The maximum Gasteiger partial charge on any atom is 0.335 e. The molecule has 2 atom stereocenters. The predicted octanol–water partition coefficient (Wildman–Crippen LogP) is 3.34. The molecular formula is C12H28O3Si. The van der Waals surface area contributed by atoms with Crippen LogP contribution in [0.5, 0.6) is 0 Å². The Balaban J connectivity index is 4.08. The highest BCUT2D eigenvalue weighted by atomic mass is 28.4. The van der Waals surface area contributed by atoms with E-state index in [1.54, 1.807) is 7.11 Å². The van der Waals surface area contributed by atoms with Gasteiger partial charge in [-0.1, -0.05) is 13.3 Å². The molecule has 0 aromatic carbocycles. The number of ether oxygens (including phenoxy) is 1. The molecule has 0 heterocycles. The van der Waals surface area contributed by atoms with Crippen LogP contribution in [0.4, 0.5) is 0 Å². The van der Waals surface area contributed by atoms with Crippen LogP contribution in [-0.2, 0) is 13.6 Å². The van der Waals surface area contributed by atoms with Crippen LogP contribution in [0.15, 0.2) is 0 Å². The average Bonchev–Trinajstić information content (AvgIpc) is 2.18. The largest absolute Gasteiger partial charge is 0.395 e. The summed E-state index contributed by atoms with van der Waals surface area (Å²) in [5.74, 6) is 0. The Labute approximate surface area is 102 Å². The van der Waals surface area contributed by atoms with Gasteiger partial charge in [-0.3, -0.25) is 0 Å². The van der Waals surface area contributed by atoms with Gasteiger partial charge >= 0.3 is 8.56 Å². The van der Waals surface area contributed by atoms with Crippen molar-refractivity contribution >= 4 is 8.56 Å². The van der Waals surface area contributed by atoms with Gasteiger partial charge in [0.2, 0.25) is 0 Å². The second kappa shape index (κ2) is 9.16. The molecule has 0 aliphatic rings. The highest BCUT2D eigenvalue weighted by molar-refractivity contribution is 6.66. The molecule has 0 saturated carbocycles. The van der Waals surface area contributed by atoms with Crippen molar-refractivity contribution in [2.24, 2.45) is 0 Å². The summed E-state index contributed by atoms with van der Waals surface area (Å²) in [6, 6.07) is 1.02. The van der Waals surface area contributed by atoms with Crippen LogP contribution in [0.25, 0.3) is 0 Å². The van der Waals surface area contributed by atoms with Crippen molar-refractivity contribution in [1.82, 2.24) is 0 Å². The van der Waals surface area contributed by atoms with Crippen molar-refractivity contribution in [3.05, 3.63) is 0 Å². The summed E-state index contributed by atoms with van der Waals surface area (Å²) < 4.78 is 17.1. The molecule has 0 aromatic heterocycles. The van der Waals surface area contributed by atoms with Crippen LogP contribution < -0.4 is 0 Å². The molecule has 0 aromatic rings. The lowest BCUT2D eigenvalue weighted by Gasteiger charge is -2.30. The highest BCUT2D eigenvalue weighted by Crippen LogP contribution is 2.19. The molecule has 0 amide bonds. The first kappa shape index (κ1) is 16.1. The van der Waals surface area contributed by atoms with Crippen LogP contribution in [0.2, 0.25) is 12.6 Å². The van der Waals surface area contributed by atoms with Gasteiger partial charge in [-0.2, -0.15) is 0 Å². The minimum atomic E-state index is -1.97. The first-order chi connectivity index (χ1) is 7.58. The van der Waals surface area contributed by atoms with E-state index >= 15 is 0 Å². The molecule has 0 radical (unpaired) electrons. The van der Waals surface area contributed by atoms with E-state index < -0.39 is 8.56 Å². The Kier molecular flexibility index (Phi) is 9.22. The predicted molar refractivity (Wildman–Crippen MR) is 70.0 cm³/mol. The summed E-state index contributed by atoms with van der Waals surface area (Å²) in [4.78, 5) is 0. The molecule has 0 aliphatic heterocycles.